The summed E-state index contributed by atoms with van der Waals surface area (Å²) in [6.45, 7) is 5.59. The Hall–Kier alpha value is -4.57. The number of piperazine rings is 1. The first-order valence-corrected chi connectivity index (χ1v) is 12.6. The van der Waals surface area contributed by atoms with Crippen molar-refractivity contribution in [2.45, 2.75) is 20.1 Å². The topological polar surface area (TPSA) is 105 Å². The van der Waals surface area contributed by atoms with E-state index in [-0.39, 0.29) is 12.7 Å². The monoisotopic (exact) mass is 508 g/mol. The number of H-pyrrole nitrogens is 1. The molecule has 6 rings (SSSR count). The summed E-state index contributed by atoms with van der Waals surface area (Å²) >= 11 is 0. The van der Waals surface area contributed by atoms with Crippen LogP contribution in [0, 0.1) is 6.92 Å². The van der Waals surface area contributed by atoms with Crippen molar-refractivity contribution < 1.29 is 9.53 Å². The summed E-state index contributed by atoms with van der Waals surface area (Å²) in [4.78, 5) is 34.2. The Morgan fingerprint density at radius 2 is 1.84 bits per heavy atom. The van der Waals surface area contributed by atoms with E-state index in [1.54, 1.807) is 9.42 Å². The van der Waals surface area contributed by atoms with E-state index >= 15 is 0 Å². The predicted molar refractivity (Wildman–Crippen MR) is 142 cm³/mol. The van der Waals surface area contributed by atoms with Gasteiger partial charge in [0.05, 0.1) is 23.6 Å². The average molecular weight is 509 g/mol. The van der Waals surface area contributed by atoms with Crippen molar-refractivity contribution >= 4 is 11.7 Å². The Balaban J connectivity index is 1.16. The first-order chi connectivity index (χ1) is 18.6. The van der Waals surface area contributed by atoms with Crippen LogP contribution >= 0.6 is 0 Å². The van der Waals surface area contributed by atoms with E-state index in [1.807, 2.05) is 73.8 Å². The fourth-order valence-electron chi connectivity index (χ4n) is 4.65. The van der Waals surface area contributed by atoms with Crippen molar-refractivity contribution in [3.8, 4) is 22.6 Å². The SMILES string of the molecule is Cc1cccc(-c2[nH]c(CN3CCN(C(=O)OCc4ccccc4)CC3)nc2-c2ccn3ncnc3c2)n1. The van der Waals surface area contributed by atoms with E-state index < -0.39 is 0 Å². The maximum absolute atomic E-state index is 12.5. The van der Waals surface area contributed by atoms with Gasteiger partial charge in [0, 0.05) is 43.6 Å². The van der Waals surface area contributed by atoms with Gasteiger partial charge in [-0.3, -0.25) is 9.88 Å². The van der Waals surface area contributed by atoms with Crippen LogP contribution < -0.4 is 0 Å². The number of carbonyl (C=O) groups is 1. The third-order valence-electron chi connectivity index (χ3n) is 6.66. The van der Waals surface area contributed by atoms with Gasteiger partial charge in [0.1, 0.15) is 18.8 Å². The summed E-state index contributed by atoms with van der Waals surface area (Å²) in [6.07, 6.45) is 3.15. The number of nitrogens with zero attached hydrogens (tertiary/aromatic N) is 7. The molecule has 1 aromatic carbocycles. The number of pyridine rings is 2. The predicted octanol–water partition coefficient (Wildman–Crippen LogP) is 3.94. The number of benzene rings is 1. The van der Waals surface area contributed by atoms with Gasteiger partial charge >= 0.3 is 6.09 Å². The lowest BCUT2D eigenvalue weighted by Crippen LogP contribution is -2.48. The minimum atomic E-state index is -0.273. The first kappa shape index (κ1) is 23.8. The van der Waals surface area contributed by atoms with Crippen LogP contribution in [0.25, 0.3) is 28.3 Å². The molecule has 1 N–H and O–H groups in total. The van der Waals surface area contributed by atoms with Crippen LogP contribution in [0.4, 0.5) is 4.79 Å². The van der Waals surface area contributed by atoms with Crippen LogP contribution in [0.5, 0.6) is 0 Å². The Kier molecular flexibility index (Phi) is 6.53. The minimum absolute atomic E-state index is 0.273. The van der Waals surface area contributed by atoms with Gasteiger partial charge in [0.2, 0.25) is 0 Å². The summed E-state index contributed by atoms with van der Waals surface area (Å²) in [5.41, 5.74) is 6.15. The highest BCUT2D eigenvalue weighted by Crippen LogP contribution is 2.30. The van der Waals surface area contributed by atoms with Gasteiger partial charge in [-0.05, 0) is 36.8 Å². The Morgan fingerprint density at radius 3 is 2.66 bits per heavy atom. The number of aryl methyl sites for hydroxylation is 1. The molecule has 0 saturated carbocycles. The van der Waals surface area contributed by atoms with Gasteiger partial charge in [-0.2, -0.15) is 5.10 Å². The molecule has 38 heavy (non-hydrogen) atoms. The van der Waals surface area contributed by atoms with Crippen LogP contribution in [-0.2, 0) is 17.9 Å². The molecule has 5 aromatic rings. The maximum atomic E-state index is 12.5. The molecule has 1 fully saturated rings. The fourth-order valence-corrected chi connectivity index (χ4v) is 4.65. The average Bonchev–Trinajstić information content (AvgIpc) is 3.59. The quantitative estimate of drug-likeness (QED) is 0.370. The number of imidazole rings is 1. The third-order valence-corrected chi connectivity index (χ3v) is 6.66. The molecule has 5 heterocycles. The van der Waals surface area contributed by atoms with Gasteiger partial charge in [-0.1, -0.05) is 36.4 Å². The first-order valence-electron chi connectivity index (χ1n) is 12.6. The summed E-state index contributed by atoms with van der Waals surface area (Å²) < 4.78 is 7.23. The summed E-state index contributed by atoms with van der Waals surface area (Å²) in [5.74, 6) is 0.847. The number of aromatic nitrogens is 6. The molecule has 0 bridgehead atoms. The number of ether oxygens (including phenoxy) is 1. The van der Waals surface area contributed by atoms with E-state index in [0.29, 0.717) is 19.6 Å². The van der Waals surface area contributed by atoms with Crippen molar-refractivity contribution in [2.24, 2.45) is 0 Å². The zero-order chi connectivity index (χ0) is 25.9. The fraction of sp³-hybridized carbons (Fsp3) is 0.250. The standard InChI is InChI=1S/C28H28N8O2/c1-20-6-5-9-23(31-20)27-26(22-10-11-36-25(16-22)29-19-30-36)32-24(33-27)17-34-12-14-35(15-13-34)28(37)38-18-21-7-3-2-4-8-21/h2-11,16,19H,12-15,17-18H2,1H3,(H,32,33). The molecule has 1 aliphatic rings. The lowest BCUT2D eigenvalue weighted by molar-refractivity contribution is 0.0695. The lowest BCUT2D eigenvalue weighted by atomic mass is 10.1. The molecular formula is C28H28N8O2. The second-order valence-electron chi connectivity index (χ2n) is 9.35. The maximum Gasteiger partial charge on any atom is 0.410 e. The largest absolute Gasteiger partial charge is 0.445 e. The molecule has 1 saturated heterocycles. The number of rotatable bonds is 6. The van der Waals surface area contributed by atoms with E-state index in [4.69, 9.17) is 14.7 Å². The number of hydrogen-bond donors (Lipinski definition) is 1. The van der Waals surface area contributed by atoms with Crippen molar-refractivity contribution in [1.29, 1.82) is 0 Å². The molecule has 10 nitrogen and oxygen atoms in total. The Labute approximate surface area is 219 Å². The van der Waals surface area contributed by atoms with E-state index in [0.717, 1.165) is 58.5 Å². The minimum Gasteiger partial charge on any atom is -0.445 e. The number of hydrogen-bond acceptors (Lipinski definition) is 7. The van der Waals surface area contributed by atoms with Gasteiger partial charge in [0.15, 0.2) is 5.65 Å². The van der Waals surface area contributed by atoms with Gasteiger partial charge in [0.25, 0.3) is 0 Å². The number of carbonyl (C=O) groups excluding carboxylic acids is 1. The highest BCUT2D eigenvalue weighted by Gasteiger charge is 2.24. The van der Waals surface area contributed by atoms with Gasteiger partial charge in [-0.15, -0.1) is 0 Å². The molecule has 0 unspecified atom stereocenters. The molecule has 0 atom stereocenters. The molecule has 1 amide bonds. The van der Waals surface area contributed by atoms with Gasteiger partial charge in [-0.25, -0.2) is 19.3 Å². The van der Waals surface area contributed by atoms with Crippen LogP contribution in [0.15, 0.2) is 73.2 Å². The van der Waals surface area contributed by atoms with Crippen molar-refractivity contribution in [2.75, 3.05) is 26.2 Å². The molecule has 192 valence electrons. The molecular weight excluding hydrogens is 480 g/mol. The third kappa shape index (κ3) is 5.12. The van der Waals surface area contributed by atoms with Crippen molar-refractivity contribution in [3.05, 3.63) is 90.3 Å². The number of aromatic amines is 1. The van der Waals surface area contributed by atoms with Gasteiger partial charge < -0.3 is 14.6 Å². The van der Waals surface area contributed by atoms with Crippen LogP contribution in [-0.4, -0.2) is 71.6 Å². The van der Waals surface area contributed by atoms with E-state index in [9.17, 15) is 4.79 Å². The van der Waals surface area contributed by atoms with Crippen LogP contribution in [0.2, 0.25) is 0 Å². The zero-order valence-corrected chi connectivity index (χ0v) is 21.1. The lowest BCUT2D eigenvalue weighted by Gasteiger charge is -2.33. The summed E-state index contributed by atoms with van der Waals surface area (Å²) in [6, 6.07) is 19.7. The van der Waals surface area contributed by atoms with Crippen molar-refractivity contribution in [1.82, 2.24) is 39.3 Å². The second kappa shape index (κ2) is 10.4. The van der Waals surface area contributed by atoms with E-state index in [2.05, 4.69) is 20.0 Å². The smallest absolute Gasteiger partial charge is 0.410 e. The number of fused-ring (bicyclic) bond motifs is 1. The molecule has 0 spiro atoms. The zero-order valence-electron chi connectivity index (χ0n) is 21.1. The normalized spacial score (nSPS) is 14.2. The number of amides is 1. The summed E-state index contributed by atoms with van der Waals surface area (Å²) in [7, 11) is 0. The Bertz CT molecular complexity index is 1550. The highest BCUT2D eigenvalue weighted by atomic mass is 16.6. The molecule has 4 aromatic heterocycles. The highest BCUT2D eigenvalue weighted by molar-refractivity contribution is 5.78. The molecule has 10 heteroatoms. The van der Waals surface area contributed by atoms with Crippen LogP contribution in [0.1, 0.15) is 17.1 Å². The van der Waals surface area contributed by atoms with E-state index in [1.165, 1.54) is 6.33 Å². The summed E-state index contributed by atoms with van der Waals surface area (Å²) in [5, 5.41) is 4.20. The van der Waals surface area contributed by atoms with Crippen LogP contribution in [0.3, 0.4) is 0 Å². The molecule has 0 aliphatic carbocycles. The Morgan fingerprint density at radius 1 is 1.00 bits per heavy atom. The molecule has 0 radical (unpaired) electrons. The molecule has 1 aliphatic heterocycles. The van der Waals surface area contributed by atoms with Crippen molar-refractivity contribution in [3.63, 3.8) is 0 Å². The second-order valence-corrected chi connectivity index (χ2v) is 9.35. The number of nitrogens with one attached hydrogen (secondary N) is 1.